The number of hydrogen-bond acceptors (Lipinski definition) is 4. The van der Waals surface area contributed by atoms with Gasteiger partial charge >= 0.3 is 0 Å². The average Bonchev–Trinajstić information content (AvgIpc) is 2.73. The van der Waals surface area contributed by atoms with E-state index in [1.165, 1.54) is 0 Å². The van der Waals surface area contributed by atoms with Gasteiger partial charge in [-0.2, -0.15) is 4.98 Å². The summed E-state index contributed by atoms with van der Waals surface area (Å²) in [4.78, 5) is 14.9. The van der Waals surface area contributed by atoms with E-state index >= 15 is 0 Å². The van der Waals surface area contributed by atoms with E-state index in [1.807, 2.05) is 20.8 Å². The minimum absolute atomic E-state index is 0.0658. The Morgan fingerprint density at radius 2 is 2.18 bits per heavy atom. The van der Waals surface area contributed by atoms with Gasteiger partial charge < -0.3 is 9.32 Å². The normalized spacial score (nSPS) is 13.4. The van der Waals surface area contributed by atoms with Crippen LogP contribution in [0.3, 0.4) is 0 Å². The summed E-state index contributed by atoms with van der Waals surface area (Å²) in [5.74, 6) is 1.30. The van der Waals surface area contributed by atoms with Crippen molar-refractivity contribution < 1.29 is 9.32 Å². The maximum absolute atomic E-state index is 10.6. The molecule has 0 aliphatic heterocycles. The second-order valence-electron chi connectivity index (χ2n) is 5.19. The Morgan fingerprint density at radius 3 is 2.65 bits per heavy atom. The topological polar surface area (TPSA) is 56.0 Å². The first kappa shape index (κ1) is 13.6. The molecule has 0 saturated heterocycles. The van der Waals surface area contributed by atoms with Crippen LogP contribution in [0.4, 0.5) is 0 Å². The lowest BCUT2D eigenvalue weighted by atomic mass is 9.97. The maximum Gasteiger partial charge on any atom is 0.232 e. The third-order valence-electron chi connectivity index (χ3n) is 2.53. The summed E-state index contributed by atoms with van der Waals surface area (Å²) in [5.41, 5.74) is -0.113. The molecular formula is C13H20N2O2. The predicted molar refractivity (Wildman–Crippen MR) is 65.7 cm³/mol. The molecule has 1 aromatic rings. The van der Waals surface area contributed by atoms with Crippen LogP contribution >= 0.6 is 0 Å². The summed E-state index contributed by atoms with van der Waals surface area (Å²) in [7, 11) is 0. The molecular weight excluding hydrogens is 216 g/mol. The number of carbonyl (C=O) groups is 1. The summed E-state index contributed by atoms with van der Waals surface area (Å²) < 4.78 is 5.19. The number of hydrogen-bond donors (Lipinski definition) is 0. The standard InChI is InChI=1S/C13H20N2O2/c1-5-10(9-16)7-6-8-11-14-12(17-15-11)13(2,3)4/h5,9-10H,1,6-8H2,2-4H3. The number of aryl methyl sites for hydroxylation is 1. The van der Waals surface area contributed by atoms with Crippen molar-refractivity contribution >= 4 is 6.29 Å². The first-order valence-electron chi connectivity index (χ1n) is 5.88. The van der Waals surface area contributed by atoms with Gasteiger partial charge in [-0.3, -0.25) is 0 Å². The molecule has 0 amide bonds. The molecule has 94 valence electrons. The molecule has 0 radical (unpaired) electrons. The predicted octanol–water partition coefficient (Wildman–Crippen LogP) is 2.69. The van der Waals surface area contributed by atoms with Gasteiger partial charge in [-0.1, -0.05) is 32.0 Å². The Morgan fingerprint density at radius 1 is 1.47 bits per heavy atom. The molecule has 0 N–H and O–H groups in total. The Bertz CT molecular complexity index is 369. The molecule has 0 fully saturated rings. The van der Waals surface area contributed by atoms with E-state index in [1.54, 1.807) is 6.08 Å². The molecule has 1 rings (SSSR count). The SMILES string of the molecule is C=CC(C=O)CCCc1noc(C(C)(C)C)n1. The molecule has 0 spiro atoms. The van der Waals surface area contributed by atoms with Crippen LogP contribution in [0.5, 0.6) is 0 Å². The third kappa shape index (κ3) is 4.13. The van der Waals surface area contributed by atoms with Gasteiger partial charge in [0, 0.05) is 17.8 Å². The number of carbonyl (C=O) groups excluding carboxylic acids is 1. The number of allylic oxidation sites excluding steroid dienone is 1. The molecule has 1 atom stereocenters. The van der Waals surface area contributed by atoms with Crippen LogP contribution in [-0.4, -0.2) is 16.4 Å². The molecule has 0 bridgehead atoms. The fourth-order valence-corrected chi connectivity index (χ4v) is 1.40. The molecule has 0 aliphatic rings. The van der Waals surface area contributed by atoms with Gasteiger partial charge in [0.05, 0.1) is 0 Å². The number of rotatable bonds is 6. The van der Waals surface area contributed by atoms with Crippen molar-refractivity contribution in [2.24, 2.45) is 5.92 Å². The highest BCUT2D eigenvalue weighted by Crippen LogP contribution is 2.20. The zero-order chi connectivity index (χ0) is 12.9. The second kappa shape index (κ2) is 5.75. The van der Waals surface area contributed by atoms with E-state index in [-0.39, 0.29) is 11.3 Å². The van der Waals surface area contributed by atoms with E-state index in [0.717, 1.165) is 25.5 Å². The Labute approximate surface area is 102 Å². The first-order chi connectivity index (χ1) is 7.97. The quantitative estimate of drug-likeness (QED) is 0.563. The zero-order valence-corrected chi connectivity index (χ0v) is 10.8. The van der Waals surface area contributed by atoms with Crippen molar-refractivity contribution in [1.82, 2.24) is 10.1 Å². The third-order valence-corrected chi connectivity index (χ3v) is 2.53. The zero-order valence-electron chi connectivity index (χ0n) is 10.8. The van der Waals surface area contributed by atoms with Crippen molar-refractivity contribution in [3.8, 4) is 0 Å². The molecule has 1 heterocycles. The Hall–Kier alpha value is -1.45. The molecule has 0 aliphatic carbocycles. The van der Waals surface area contributed by atoms with Crippen LogP contribution in [0.2, 0.25) is 0 Å². The van der Waals surface area contributed by atoms with Crippen LogP contribution in [0.1, 0.15) is 45.3 Å². The van der Waals surface area contributed by atoms with Crippen LogP contribution in [0.25, 0.3) is 0 Å². The number of nitrogens with zero attached hydrogens (tertiary/aromatic N) is 2. The van der Waals surface area contributed by atoms with E-state index in [0.29, 0.717) is 11.7 Å². The second-order valence-corrected chi connectivity index (χ2v) is 5.19. The minimum atomic E-state index is -0.113. The molecule has 1 aromatic heterocycles. The number of aldehydes is 1. The van der Waals surface area contributed by atoms with Crippen molar-refractivity contribution in [2.75, 3.05) is 0 Å². The van der Waals surface area contributed by atoms with Crippen LogP contribution < -0.4 is 0 Å². The van der Waals surface area contributed by atoms with E-state index in [9.17, 15) is 4.79 Å². The lowest BCUT2D eigenvalue weighted by Gasteiger charge is -2.10. The first-order valence-corrected chi connectivity index (χ1v) is 5.88. The van der Waals surface area contributed by atoms with Crippen molar-refractivity contribution in [2.45, 2.75) is 45.4 Å². The molecule has 0 aromatic carbocycles. The monoisotopic (exact) mass is 236 g/mol. The smallest absolute Gasteiger partial charge is 0.232 e. The average molecular weight is 236 g/mol. The summed E-state index contributed by atoms with van der Waals surface area (Å²) in [6.07, 6.45) is 4.97. The Balaban J connectivity index is 2.45. The minimum Gasteiger partial charge on any atom is -0.339 e. The lowest BCUT2D eigenvalue weighted by molar-refractivity contribution is -0.110. The largest absolute Gasteiger partial charge is 0.339 e. The van der Waals surface area contributed by atoms with Crippen LogP contribution in [-0.2, 0) is 16.6 Å². The van der Waals surface area contributed by atoms with Gasteiger partial charge in [-0.05, 0) is 12.8 Å². The summed E-state index contributed by atoms with van der Waals surface area (Å²) in [6, 6.07) is 0. The number of aromatic nitrogens is 2. The van der Waals surface area contributed by atoms with Gasteiger partial charge in [0.15, 0.2) is 5.82 Å². The van der Waals surface area contributed by atoms with Gasteiger partial charge in [0.2, 0.25) is 5.89 Å². The van der Waals surface area contributed by atoms with Crippen molar-refractivity contribution in [1.29, 1.82) is 0 Å². The van der Waals surface area contributed by atoms with Crippen molar-refractivity contribution in [3.63, 3.8) is 0 Å². The molecule has 4 heteroatoms. The van der Waals surface area contributed by atoms with Gasteiger partial charge in [0.1, 0.15) is 6.29 Å². The molecule has 17 heavy (non-hydrogen) atoms. The fraction of sp³-hybridized carbons (Fsp3) is 0.615. The highest BCUT2D eigenvalue weighted by molar-refractivity contribution is 5.56. The summed E-state index contributed by atoms with van der Waals surface area (Å²) in [6.45, 7) is 9.71. The lowest BCUT2D eigenvalue weighted by Crippen LogP contribution is -2.11. The van der Waals surface area contributed by atoms with Gasteiger partial charge in [-0.15, -0.1) is 6.58 Å². The van der Waals surface area contributed by atoms with Gasteiger partial charge in [-0.25, -0.2) is 0 Å². The van der Waals surface area contributed by atoms with E-state index in [4.69, 9.17) is 4.52 Å². The van der Waals surface area contributed by atoms with Crippen LogP contribution in [0.15, 0.2) is 17.2 Å². The van der Waals surface area contributed by atoms with E-state index < -0.39 is 0 Å². The van der Waals surface area contributed by atoms with Crippen molar-refractivity contribution in [3.05, 3.63) is 24.4 Å². The highest BCUT2D eigenvalue weighted by atomic mass is 16.5. The fourth-order valence-electron chi connectivity index (χ4n) is 1.40. The van der Waals surface area contributed by atoms with Crippen LogP contribution in [0, 0.1) is 5.92 Å². The Kier molecular flexibility index (Phi) is 4.61. The molecule has 0 saturated carbocycles. The van der Waals surface area contributed by atoms with E-state index in [2.05, 4.69) is 16.7 Å². The molecule has 4 nitrogen and oxygen atoms in total. The van der Waals surface area contributed by atoms with Gasteiger partial charge in [0.25, 0.3) is 0 Å². The summed E-state index contributed by atoms with van der Waals surface area (Å²) in [5, 5.41) is 3.93. The molecule has 1 unspecified atom stereocenters. The maximum atomic E-state index is 10.6. The highest BCUT2D eigenvalue weighted by Gasteiger charge is 2.21. The summed E-state index contributed by atoms with van der Waals surface area (Å²) >= 11 is 0.